The minimum Gasteiger partial charge on any atom is -0.383 e. The first-order valence-electron chi connectivity index (χ1n) is 6.62. The number of hydrogen-bond acceptors (Lipinski definition) is 3. The average Bonchev–Trinajstić information content (AvgIpc) is 2.78. The maximum Gasteiger partial charge on any atom is 0.142 e. The molecular weight excluding hydrogens is 330 g/mol. The zero-order chi connectivity index (χ0) is 15.0. The Bertz CT molecular complexity index is 793. The topological polar surface area (TPSA) is 52.5 Å². The van der Waals surface area contributed by atoms with Crippen LogP contribution in [0.3, 0.4) is 0 Å². The number of halogens is 1. The van der Waals surface area contributed by atoms with Crippen LogP contribution in [0.5, 0.6) is 0 Å². The number of nitrogens with zero attached hydrogens (tertiary/aromatic N) is 2. The molecule has 0 radical (unpaired) electrons. The monoisotopic (exact) mass is 345 g/mol. The average molecular weight is 346 g/mol. The summed E-state index contributed by atoms with van der Waals surface area (Å²) in [7, 11) is 1.69. The zero-order valence-electron chi connectivity index (χ0n) is 11.9. The lowest BCUT2D eigenvalue weighted by molar-refractivity contribution is 0.185. The molecule has 0 saturated heterocycles. The van der Waals surface area contributed by atoms with E-state index in [9.17, 15) is 0 Å². The van der Waals surface area contributed by atoms with Gasteiger partial charge in [-0.2, -0.15) is 0 Å². The van der Waals surface area contributed by atoms with Crippen LogP contribution in [0.25, 0.3) is 16.9 Å². The predicted molar refractivity (Wildman–Crippen MR) is 88.2 cm³/mol. The van der Waals surface area contributed by atoms with Crippen molar-refractivity contribution < 1.29 is 4.74 Å². The Hall–Kier alpha value is -1.85. The lowest BCUT2D eigenvalue weighted by Crippen LogP contribution is -1.95. The second-order valence-corrected chi connectivity index (χ2v) is 5.93. The molecule has 0 amide bonds. The second kappa shape index (κ2) is 5.50. The number of ether oxygens (including phenoxy) is 1. The van der Waals surface area contributed by atoms with Crippen molar-refractivity contribution in [2.75, 3.05) is 12.8 Å². The lowest BCUT2D eigenvalue weighted by atomic mass is 10.1. The van der Waals surface area contributed by atoms with Gasteiger partial charge >= 0.3 is 0 Å². The van der Waals surface area contributed by atoms with E-state index in [1.165, 1.54) is 0 Å². The molecule has 3 rings (SSSR count). The molecule has 4 nitrogen and oxygen atoms in total. The number of aromatic nitrogens is 2. The van der Waals surface area contributed by atoms with E-state index >= 15 is 0 Å². The van der Waals surface area contributed by atoms with Crippen LogP contribution in [0.15, 0.2) is 41.0 Å². The van der Waals surface area contributed by atoms with Gasteiger partial charge in [0.25, 0.3) is 0 Å². The number of anilines is 1. The number of aryl methyl sites for hydroxylation is 1. The molecule has 0 atom stereocenters. The van der Waals surface area contributed by atoms with Crippen LogP contribution in [-0.2, 0) is 11.3 Å². The Morgan fingerprint density at radius 2 is 2.00 bits per heavy atom. The first-order chi connectivity index (χ1) is 10.1. The Morgan fingerprint density at radius 3 is 2.67 bits per heavy atom. The molecule has 2 aromatic heterocycles. The molecule has 0 aliphatic rings. The molecule has 5 heteroatoms. The van der Waals surface area contributed by atoms with E-state index < -0.39 is 0 Å². The quantitative estimate of drug-likeness (QED) is 0.785. The van der Waals surface area contributed by atoms with Crippen molar-refractivity contribution in [1.82, 2.24) is 9.38 Å². The highest BCUT2D eigenvalue weighted by molar-refractivity contribution is 9.10. The molecule has 0 saturated carbocycles. The van der Waals surface area contributed by atoms with Gasteiger partial charge in [0.1, 0.15) is 17.2 Å². The number of rotatable bonds is 3. The van der Waals surface area contributed by atoms with Crippen LogP contribution in [-0.4, -0.2) is 16.5 Å². The van der Waals surface area contributed by atoms with Gasteiger partial charge in [-0.3, -0.25) is 4.40 Å². The minimum atomic E-state index is 0.604. The summed E-state index contributed by atoms with van der Waals surface area (Å²) in [6, 6.07) is 10.1. The number of nitrogens with two attached hydrogens (primary N) is 1. The predicted octanol–water partition coefficient (Wildman–Crippen LogP) is 3.80. The molecule has 108 valence electrons. The van der Waals surface area contributed by atoms with Crippen LogP contribution in [0, 0.1) is 6.92 Å². The van der Waals surface area contributed by atoms with Crippen molar-refractivity contribution in [2.45, 2.75) is 13.5 Å². The van der Waals surface area contributed by atoms with Crippen LogP contribution in [0.4, 0.5) is 5.82 Å². The third-order valence-corrected chi connectivity index (χ3v) is 3.88. The van der Waals surface area contributed by atoms with E-state index in [4.69, 9.17) is 10.5 Å². The Labute approximate surface area is 131 Å². The summed E-state index contributed by atoms with van der Waals surface area (Å²) in [6.45, 7) is 2.63. The Morgan fingerprint density at radius 1 is 1.29 bits per heavy atom. The third-order valence-electron chi connectivity index (χ3n) is 3.45. The second-order valence-electron chi connectivity index (χ2n) is 5.01. The largest absolute Gasteiger partial charge is 0.383 e. The number of methoxy groups -OCH3 is 1. The van der Waals surface area contributed by atoms with Gasteiger partial charge in [0.05, 0.1) is 6.61 Å². The van der Waals surface area contributed by atoms with E-state index in [2.05, 4.69) is 20.9 Å². The number of fused-ring (bicyclic) bond motifs is 1. The molecule has 0 unspecified atom stereocenters. The van der Waals surface area contributed by atoms with Crippen LogP contribution in [0.2, 0.25) is 0 Å². The van der Waals surface area contributed by atoms with E-state index in [0.717, 1.165) is 32.5 Å². The molecule has 2 heterocycles. The molecule has 0 aliphatic carbocycles. The van der Waals surface area contributed by atoms with Gasteiger partial charge in [-0.1, -0.05) is 24.3 Å². The summed E-state index contributed by atoms with van der Waals surface area (Å²) in [5.74, 6) is 0.647. The van der Waals surface area contributed by atoms with E-state index in [1.54, 1.807) is 7.11 Å². The minimum absolute atomic E-state index is 0.604. The van der Waals surface area contributed by atoms with Crippen molar-refractivity contribution in [2.24, 2.45) is 0 Å². The molecule has 0 fully saturated rings. The SMILES string of the molecule is COCc1ccc(-c2nc3c(C)cc(Br)cn3c2N)cc1. The highest BCUT2D eigenvalue weighted by Crippen LogP contribution is 2.29. The molecular formula is C16H16BrN3O. The summed E-state index contributed by atoms with van der Waals surface area (Å²) in [6.07, 6.45) is 1.94. The maximum absolute atomic E-state index is 6.26. The van der Waals surface area contributed by atoms with Gasteiger partial charge in [-0.05, 0) is 40.0 Å². The van der Waals surface area contributed by atoms with Gasteiger partial charge in [0.15, 0.2) is 0 Å². The summed E-state index contributed by atoms with van der Waals surface area (Å²) >= 11 is 3.49. The molecule has 0 aliphatic heterocycles. The molecule has 0 bridgehead atoms. The molecule has 2 N–H and O–H groups in total. The van der Waals surface area contributed by atoms with Gasteiger partial charge in [0.2, 0.25) is 0 Å². The number of benzene rings is 1. The lowest BCUT2D eigenvalue weighted by Gasteiger charge is -2.03. The van der Waals surface area contributed by atoms with Crippen molar-refractivity contribution in [3.05, 3.63) is 52.1 Å². The van der Waals surface area contributed by atoms with Gasteiger partial charge in [0, 0.05) is 23.3 Å². The van der Waals surface area contributed by atoms with Gasteiger partial charge in [-0.15, -0.1) is 0 Å². The normalized spacial score (nSPS) is 11.2. The smallest absolute Gasteiger partial charge is 0.142 e. The van der Waals surface area contributed by atoms with Gasteiger partial charge in [-0.25, -0.2) is 4.98 Å². The van der Waals surface area contributed by atoms with Crippen LogP contribution < -0.4 is 5.73 Å². The van der Waals surface area contributed by atoms with Crippen molar-refractivity contribution >= 4 is 27.4 Å². The molecule has 0 spiro atoms. The van der Waals surface area contributed by atoms with E-state index in [0.29, 0.717) is 12.4 Å². The van der Waals surface area contributed by atoms with Crippen molar-refractivity contribution in [3.63, 3.8) is 0 Å². The fourth-order valence-electron chi connectivity index (χ4n) is 2.42. The summed E-state index contributed by atoms with van der Waals surface area (Å²) in [5.41, 5.74) is 11.2. The van der Waals surface area contributed by atoms with Crippen LogP contribution in [0.1, 0.15) is 11.1 Å². The van der Waals surface area contributed by atoms with Gasteiger partial charge < -0.3 is 10.5 Å². The fraction of sp³-hybridized carbons (Fsp3) is 0.188. The van der Waals surface area contributed by atoms with E-state index in [-0.39, 0.29) is 0 Å². The summed E-state index contributed by atoms with van der Waals surface area (Å²) in [5, 5.41) is 0. The molecule has 21 heavy (non-hydrogen) atoms. The fourth-order valence-corrected chi connectivity index (χ4v) is 2.97. The summed E-state index contributed by atoms with van der Waals surface area (Å²) in [4.78, 5) is 4.68. The van der Waals surface area contributed by atoms with Crippen molar-refractivity contribution in [3.8, 4) is 11.3 Å². The first-order valence-corrected chi connectivity index (χ1v) is 7.41. The summed E-state index contributed by atoms with van der Waals surface area (Å²) < 4.78 is 8.02. The number of nitrogen functional groups attached to an aromatic ring is 1. The molecule has 3 aromatic rings. The number of imidazole rings is 1. The Balaban J connectivity index is 2.12. The zero-order valence-corrected chi connectivity index (χ0v) is 13.5. The molecule has 1 aromatic carbocycles. The number of pyridine rings is 1. The van der Waals surface area contributed by atoms with Crippen LogP contribution >= 0.6 is 15.9 Å². The number of hydrogen-bond donors (Lipinski definition) is 1. The standard InChI is InChI=1S/C16H16BrN3O/c1-10-7-13(17)8-20-15(18)14(19-16(10)20)12-5-3-11(4-6-12)9-21-2/h3-8H,9,18H2,1-2H3. The highest BCUT2D eigenvalue weighted by atomic mass is 79.9. The van der Waals surface area contributed by atoms with E-state index in [1.807, 2.05) is 47.9 Å². The third kappa shape index (κ3) is 2.54. The Kier molecular flexibility index (Phi) is 3.69. The van der Waals surface area contributed by atoms with Crippen molar-refractivity contribution in [1.29, 1.82) is 0 Å². The first kappa shape index (κ1) is 14.1. The maximum atomic E-state index is 6.26. The highest BCUT2D eigenvalue weighted by Gasteiger charge is 2.13.